The summed E-state index contributed by atoms with van der Waals surface area (Å²) in [5.41, 5.74) is 2.87. The number of piperidine rings is 1. The molecule has 3 fully saturated rings. The zero-order valence-corrected chi connectivity index (χ0v) is 21.4. The average molecular weight is 505 g/mol. The molecule has 3 aliphatic rings. The van der Waals surface area contributed by atoms with Crippen molar-refractivity contribution in [2.75, 3.05) is 25.0 Å². The minimum Gasteiger partial charge on any atom is -0.490 e. The molecule has 1 N–H and O–H groups in total. The molecule has 0 unspecified atom stereocenters. The van der Waals surface area contributed by atoms with Crippen LogP contribution in [0.15, 0.2) is 36.8 Å². The highest BCUT2D eigenvalue weighted by atomic mass is 19.1. The van der Waals surface area contributed by atoms with Crippen molar-refractivity contribution < 1.29 is 13.9 Å². The Hall–Kier alpha value is -3.49. The predicted octanol–water partition coefficient (Wildman–Crippen LogP) is 5.28. The second kappa shape index (κ2) is 9.43. The lowest BCUT2D eigenvalue weighted by Gasteiger charge is -2.33. The Morgan fingerprint density at radius 2 is 1.97 bits per heavy atom. The monoisotopic (exact) mass is 504 g/mol. The normalized spacial score (nSPS) is 19.1. The van der Waals surface area contributed by atoms with Crippen LogP contribution in [-0.4, -0.2) is 50.3 Å². The van der Waals surface area contributed by atoms with Crippen molar-refractivity contribution in [1.29, 1.82) is 0 Å². The molecule has 9 heteroatoms. The number of hydrogen-bond donors (Lipinski definition) is 1. The van der Waals surface area contributed by atoms with Gasteiger partial charge in [-0.1, -0.05) is 6.92 Å². The van der Waals surface area contributed by atoms with Crippen LogP contribution in [-0.2, 0) is 4.79 Å². The van der Waals surface area contributed by atoms with Gasteiger partial charge in [-0.2, -0.15) is 5.10 Å². The van der Waals surface area contributed by atoms with Gasteiger partial charge in [-0.3, -0.25) is 9.48 Å². The topological polar surface area (TPSA) is 85.2 Å². The minimum absolute atomic E-state index is 0.111. The maximum Gasteiger partial charge on any atom is 0.228 e. The summed E-state index contributed by atoms with van der Waals surface area (Å²) >= 11 is 0. The van der Waals surface area contributed by atoms with Gasteiger partial charge in [0.25, 0.3) is 0 Å². The molecule has 0 radical (unpaired) electrons. The minimum atomic E-state index is -0.383. The van der Waals surface area contributed by atoms with Crippen LogP contribution in [0, 0.1) is 24.1 Å². The molecule has 194 valence electrons. The van der Waals surface area contributed by atoms with E-state index in [1.54, 1.807) is 18.5 Å². The van der Waals surface area contributed by atoms with Crippen molar-refractivity contribution >= 4 is 17.5 Å². The molecule has 3 heterocycles. The Morgan fingerprint density at radius 3 is 2.68 bits per heavy atom. The Morgan fingerprint density at radius 1 is 1.19 bits per heavy atom. The first-order valence-corrected chi connectivity index (χ1v) is 13.2. The number of benzene rings is 1. The predicted molar refractivity (Wildman–Crippen MR) is 138 cm³/mol. The molecule has 1 aliphatic heterocycles. The van der Waals surface area contributed by atoms with E-state index < -0.39 is 0 Å². The molecule has 2 aliphatic carbocycles. The summed E-state index contributed by atoms with van der Waals surface area (Å²) in [6.45, 7) is 6.09. The Balaban J connectivity index is 1.10. The van der Waals surface area contributed by atoms with Gasteiger partial charge in [-0.15, -0.1) is 0 Å². The smallest absolute Gasteiger partial charge is 0.228 e. The zero-order valence-electron chi connectivity index (χ0n) is 21.4. The first kappa shape index (κ1) is 23.9. The molecule has 0 bridgehead atoms. The quantitative estimate of drug-likeness (QED) is 0.449. The van der Waals surface area contributed by atoms with Crippen LogP contribution in [0.5, 0.6) is 5.75 Å². The van der Waals surface area contributed by atoms with E-state index in [9.17, 15) is 9.18 Å². The van der Waals surface area contributed by atoms with Gasteiger partial charge in [0.2, 0.25) is 11.9 Å². The fourth-order valence-corrected chi connectivity index (χ4v) is 4.90. The molecule has 0 spiro atoms. The van der Waals surface area contributed by atoms with E-state index in [0.29, 0.717) is 35.6 Å². The third-order valence-corrected chi connectivity index (χ3v) is 7.85. The second-order valence-electron chi connectivity index (χ2n) is 11.0. The third kappa shape index (κ3) is 5.17. The average Bonchev–Trinajstić information content (AvgIpc) is 3.83. The second-order valence-corrected chi connectivity index (χ2v) is 11.0. The van der Waals surface area contributed by atoms with Gasteiger partial charge in [-0.25, -0.2) is 14.4 Å². The largest absolute Gasteiger partial charge is 0.490 e. The van der Waals surface area contributed by atoms with Crippen molar-refractivity contribution in [3.8, 4) is 17.0 Å². The summed E-state index contributed by atoms with van der Waals surface area (Å²) in [6, 6.07) is 5.24. The summed E-state index contributed by atoms with van der Waals surface area (Å²) in [7, 11) is 0. The van der Waals surface area contributed by atoms with Gasteiger partial charge in [0.05, 0.1) is 30.2 Å². The van der Waals surface area contributed by atoms with Gasteiger partial charge in [-0.05, 0) is 75.1 Å². The van der Waals surface area contributed by atoms with Gasteiger partial charge >= 0.3 is 0 Å². The van der Waals surface area contributed by atoms with E-state index in [0.717, 1.165) is 62.9 Å². The highest BCUT2D eigenvalue weighted by molar-refractivity contribution is 5.85. The van der Waals surface area contributed by atoms with E-state index in [2.05, 4.69) is 27.3 Å². The molecular formula is C28H33FN6O2. The number of nitrogens with one attached hydrogen (secondary N) is 1. The molecule has 3 aromatic rings. The number of aryl methyl sites for hydroxylation is 1. The molecule has 2 aromatic heterocycles. The van der Waals surface area contributed by atoms with Gasteiger partial charge in [0.15, 0.2) is 11.6 Å². The Kier molecular flexibility index (Phi) is 6.09. The number of amides is 1. The summed E-state index contributed by atoms with van der Waals surface area (Å²) in [6.07, 6.45) is 11.6. The molecule has 6 rings (SSSR count). The summed E-state index contributed by atoms with van der Waals surface area (Å²) in [4.78, 5) is 23.7. The van der Waals surface area contributed by atoms with Crippen molar-refractivity contribution in [3.05, 3.63) is 48.2 Å². The maximum atomic E-state index is 14.7. The van der Waals surface area contributed by atoms with Gasteiger partial charge in [0.1, 0.15) is 0 Å². The summed E-state index contributed by atoms with van der Waals surface area (Å²) < 4.78 is 22.3. The van der Waals surface area contributed by atoms with Crippen molar-refractivity contribution in [2.24, 2.45) is 11.3 Å². The van der Waals surface area contributed by atoms with Crippen LogP contribution in [0.1, 0.15) is 57.1 Å². The van der Waals surface area contributed by atoms with Crippen LogP contribution < -0.4 is 10.1 Å². The van der Waals surface area contributed by atoms with E-state index in [4.69, 9.17) is 4.74 Å². The molecule has 1 aromatic carbocycles. The fourth-order valence-electron chi connectivity index (χ4n) is 4.90. The zero-order chi connectivity index (χ0) is 25.6. The van der Waals surface area contributed by atoms with Crippen molar-refractivity contribution in [3.63, 3.8) is 0 Å². The van der Waals surface area contributed by atoms with E-state index >= 15 is 0 Å². The number of hydrogen-bond acceptors (Lipinski definition) is 6. The van der Waals surface area contributed by atoms with Crippen LogP contribution in [0.3, 0.4) is 0 Å². The molecule has 0 atom stereocenters. The Bertz CT molecular complexity index is 1310. The standard InChI is InChI=1S/C28H33FN6O2/c1-18-14-30-27(33-25(18)20-5-6-24(23(29)13-20)37-17-19-3-4-19)32-21-15-31-35(16-21)22-7-11-34(12-8-22)26(36)28(2)9-10-28/h5-6,13-16,19,22H,3-4,7-12,17H2,1-2H3,(H,30,32,33). The molecule has 8 nitrogen and oxygen atoms in total. The van der Waals surface area contributed by atoms with Crippen LogP contribution in [0.4, 0.5) is 16.0 Å². The molecule has 1 amide bonds. The Labute approximate surface area is 216 Å². The van der Waals surface area contributed by atoms with Crippen molar-refractivity contribution in [2.45, 2.75) is 58.4 Å². The van der Waals surface area contributed by atoms with E-state index in [1.807, 2.05) is 28.8 Å². The molecule has 2 saturated carbocycles. The number of anilines is 2. The SMILES string of the molecule is Cc1cnc(Nc2cnn(C3CCN(C(=O)C4(C)CC4)CC3)c2)nc1-c1ccc(OCC2CC2)c(F)c1. The van der Waals surface area contributed by atoms with E-state index in [1.165, 1.54) is 6.07 Å². The molecule has 37 heavy (non-hydrogen) atoms. The number of rotatable bonds is 8. The number of ether oxygens (including phenoxy) is 1. The first-order chi connectivity index (χ1) is 17.9. The number of halogens is 1. The van der Waals surface area contributed by atoms with Gasteiger partial charge in [0, 0.05) is 36.5 Å². The number of carbonyl (C=O) groups is 1. The number of nitrogens with zero attached hydrogens (tertiary/aromatic N) is 5. The lowest BCUT2D eigenvalue weighted by Crippen LogP contribution is -2.42. The number of carbonyl (C=O) groups excluding carboxylic acids is 1. The lowest BCUT2D eigenvalue weighted by atomic mass is 10.0. The summed E-state index contributed by atoms with van der Waals surface area (Å²) in [5.74, 6) is 1.19. The third-order valence-electron chi connectivity index (χ3n) is 7.85. The van der Waals surface area contributed by atoms with Gasteiger partial charge < -0.3 is 15.0 Å². The van der Waals surface area contributed by atoms with Crippen LogP contribution in [0.2, 0.25) is 0 Å². The maximum absolute atomic E-state index is 14.7. The lowest BCUT2D eigenvalue weighted by molar-refractivity contribution is -0.137. The molecular weight excluding hydrogens is 471 g/mol. The van der Waals surface area contributed by atoms with E-state index in [-0.39, 0.29) is 23.0 Å². The summed E-state index contributed by atoms with van der Waals surface area (Å²) in [5, 5.41) is 7.79. The highest BCUT2D eigenvalue weighted by Crippen LogP contribution is 2.47. The van der Waals surface area contributed by atoms with Crippen LogP contribution in [0.25, 0.3) is 11.3 Å². The first-order valence-electron chi connectivity index (χ1n) is 13.2. The number of likely N-dealkylation sites (tertiary alicyclic amines) is 1. The van der Waals surface area contributed by atoms with Crippen molar-refractivity contribution in [1.82, 2.24) is 24.6 Å². The fraction of sp³-hybridized carbons (Fsp3) is 0.500. The number of aromatic nitrogens is 4. The molecule has 1 saturated heterocycles. The highest BCUT2D eigenvalue weighted by Gasteiger charge is 2.47. The van der Waals surface area contributed by atoms with Crippen LogP contribution >= 0.6 is 0 Å².